The summed E-state index contributed by atoms with van der Waals surface area (Å²) in [5.74, 6) is 1.65. The fourth-order valence-electron chi connectivity index (χ4n) is 2.96. The molecule has 1 saturated heterocycles. The standard InChI is InChI=1S/C16H26N2O.2ClH/c1-4-13(2)16(18-11-9-17-10-12-18)14-7-5-6-8-15(14)19-3;;/h5-8,13,16-17H,4,9-12H2,1-3H3;2*1H/t13?,16-;;/m0../s1. The van der Waals surface area contributed by atoms with Crippen molar-refractivity contribution in [2.45, 2.75) is 26.3 Å². The Morgan fingerprint density at radius 2 is 1.81 bits per heavy atom. The van der Waals surface area contributed by atoms with Crippen molar-refractivity contribution < 1.29 is 4.74 Å². The monoisotopic (exact) mass is 334 g/mol. The number of nitrogens with zero attached hydrogens (tertiary/aromatic N) is 1. The molecule has 3 nitrogen and oxygen atoms in total. The Balaban J connectivity index is 0.00000200. The Kier molecular flexibility index (Phi) is 10.0. The number of nitrogens with one attached hydrogen (secondary N) is 1. The predicted molar refractivity (Wildman–Crippen MR) is 94.1 cm³/mol. The summed E-state index contributed by atoms with van der Waals surface area (Å²) in [6, 6.07) is 8.93. The number of rotatable bonds is 5. The first-order valence-corrected chi connectivity index (χ1v) is 7.35. The number of hydrogen-bond donors (Lipinski definition) is 1. The fourth-order valence-corrected chi connectivity index (χ4v) is 2.96. The lowest BCUT2D eigenvalue weighted by Gasteiger charge is -2.39. The van der Waals surface area contributed by atoms with Crippen molar-refractivity contribution >= 4 is 24.8 Å². The van der Waals surface area contributed by atoms with E-state index in [0.717, 1.165) is 31.9 Å². The molecule has 122 valence electrons. The van der Waals surface area contributed by atoms with E-state index in [0.29, 0.717) is 12.0 Å². The van der Waals surface area contributed by atoms with Crippen LogP contribution in [0.5, 0.6) is 5.75 Å². The highest BCUT2D eigenvalue weighted by molar-refractivity contribution is 5.85. The molecule has 0 radical (unpaired) electrons. The molecule has 2 atom stereocenters. The van der Waals surface area contributed by atoms with Crippen LogP contribution in [0.2, 0.25) is 0 Å². The number of methoxy groups -OCH3 is 1. The molecule has 1 aliphatic heterocycles. The van der Waals surface area contributed by atoms with E-state index in [1.54, 1.807) is 7.11 Å². The number of halogens is 2. The largest absolute Gasteiger partial charge is 0.496 e. The van der Waals surface area contributed by atoms with Crippen molar-refractivity contribution in [3.8, 4) is 5.75 Å². The summed E-state index contributed by atoms with van der Waals surface area (Å²) in [7, 11) is 1.77. The van der Waals surface area contributed by atoms with Gasteiger partial charge < -0.3 is 10.1 Å². The Labute approximate surface area is 141 Å². The van der Waals surface area contributed by atoms with Crippen molar-refractivity contribution in [2.75, 3.05) is 33.3 Å². The van der Waals surface area contributed by atoms with Crippen LogP contribution in [0.4, 0.5) is 0 Å². The number of piperazine rings is 1. The molecule has 21 heavy (non-hydrogen) atoms. The molecule has 5 heteroatoms. The van der Waals surface area contributed by atoms with Crippen LogP contribution >= 0.6 is 24.8 Å². The quantitative estimate of drug-likeness (QED) is 0.891. The molecule has 1 heterocycles. The minimum Gasteiger partial charge on any atom is -0.496 e. The van der Waals surface area contributed by atoms with Crippen LogP contribution in [-0.4, -0.2) is 38.2 Å². The van der Waals surface area contributed by atoms with Crippen molar-refractivity contribution in [2.24, 2.45) is 5.92 Å². The van der Waals surface area contributed by atoms with Gasteiger partial charge in [-0.3, -0.25) is 4.90 Å². The van der Waals surface area contributed by atoms with Crippen LogP contribution in [0.1, 0.15) is 31.9 Å². The first kappa shape index (κ1) is 20.5. The van der Waals surface area contributed by atoms with Gasteiger partial charge >= 0.3 is 0 Å². The van der Waals surface area contributed by atoms with Crippen LogP contribution in [0.3, 0.4) is 0 Å². The minimum absolute atomic E-state index is 0. The average molecular weight is 335 g/mol. The lowest BCUT2D eigenvalue weighted by molar-refractivity contribution is 0.126. The Bertz CT molecular complexity index is 398. The van der Waals surface area contributed by atoms with Gasteiger partial charge in [-0.2, -0.15) is 0 Å². The topological polar surface area (TPSA) is 24.5 Å². The van der Waals surface area contributed by atoms with Gasteiger partial charge in [0.25, 0.3) is 0 Å². The zero-order valence-electron chi connectivity index (χ0n) is 13.2. The average Bonchev–Trinajstić information content (AvgIpc) is 2.49. The van der Waals surface area contributed by atoms with Gasteiger partial charge in [0, 0.05) is 37.8 Å². The highest BCUT2D eigenvalue weighted by Crippen LogP contribution is 2.36. The van der Waals surface area contributed by atoms with Crippen molar-refractivity contribution in [1.29, 1.82) is 0 Å². The van der Waals surface area contributed by atoms with Crippen molar-refractivity contribution in [1.82, 2.24) is 10.2 Å². The normalized spacial score (nSPS) is 18.0. The van der Waals surface area contributed by atoms with Gasteiger partial charge in [0.05, 0.1) is 7.11 Å². The van der Waals surface area contributed by atoms with Crippen LogP contribution in [0.25, 0.3) is 0 Å². The Morgan fingerprint density at radius 1 is 1.19 bits per heavy atom. The maximum atomic E-state index is 5.57. The summed E-state index contributed by atoms with van der Waals surface area (Å²) in [4.78, 5) is 2.60. The highest BCUT2D eigenvalue weighted by Gasteiger charge is 2.28. The first-order valence-electron chi connectivity index (χ1n) is 7.35. The van der Waals surface area contributed by atoms with E-state index in [2.05, 4.69) is 42.3 Å². The molecule has 0 saturated carbocycles. The van der Waals surface area contributed by atoms with Crippen molar-refractivity contribution in [3.05, 3.63) is 29.8 Å². The van der Waals surface area contributed by atoms with Gasteiger partial charge in [-0.1, -0.05) is 38.5 Å². The summed E-state index contributed by atoms with van der Waals surface area (Å²) in [5, 5.41) is 3.43. The molecular formula is C16H28Cl2N2O. The van der Waals surface area contributed by atoms with E-state index >= 15 is 0 Å². The molecule has 1 aromatic carbocycles. The fraction of sp³-hybridized carbons (Fsp3) is 0.625. The predicted octanol–water partition coefficient (Wildman–Crippen LogP) is 3.53. The lowest BCUT2D eigenvalue weighted by atomic mass is 9.90. The molecule has 0 aromatic heterocycles. The first-order chi connectivity index (χ1) is 9.27. The van der Waals surface area contributed by atoms with Crippen LogP contribution in [0.15, 0.2) is 24.3 Å². The molecular weight excluding hydrogens is 307 g/mol. The number of hydrogen-bond acceptors (Lipinski definition) is 3. The molecule has 1 aliphatic rings. The number of para-hydroxylation sites is 1. The third-order valence-corrected chi connectivity index (χ3v) is 4.19. The van der Waals surface area contributed by atoms with Crippen LogP contribution in [-0.2, 0) is 0 Å². The minimum atomic E-state index is 0. The second kappa shape index (κ2) is 10.3. The molecule has 1 aromatic rings. The second-order valence-electron chi connectivity index (χ2n) is 5.36. The zero-order chi connectivity index (χ0) is 13.7. The van der Waals surface area contributed by atoms with Crippen LogP contribution in [0, 0.1) is 5.92 Å². The molecule has 1 unspecified atom stereocenters. The van der Waals surface area contributed by atoms with E-state index in [9.17, 15) is 0 Å². The number of benzene rings is 1. The summed E-state index contributed by atoms with van der Waals surface area (Å²) in [6.45, 7) is 9.03. The van der Waals surface area contributed by atoms with E-state index in [4.69, 9.17) is 4.74 Å². The third-order valence-electron chi connectivity index (χ3n) is 4.19. The van der Waals surface area contributed by atoms with Gasteiger partial charge in [-0.25, -0.2) is 0 Å². The molecule has 2 rings (SSSR count). The molecule has 0 amide bonds. The van der Waals surface area contributed by atoms with Crippen LogP contribution < -0.4 is 10.1 Å². The Morgan fingerprint density at radius 3 is 2.38 bits per heavy atom. The van der Waals surface area contributed by atoms with E-state index in [-0.39, 0.29) is 24.8 Å². The summed E-state index contributed by atoms with van der Waals surface area (Å²) in [6.07, 6.45) is 1.19. The SMILES string of the molecule is CCC(C)[C@@H](c1ccccc1OC)N1CCNCC1.Cl.Cl. The van der Waals surface area contributed by atoms with E-state index < -0.39 is 0 Å². The summed E-state index contributed by atoms with van der Waals surface area (Å²) >= 11 is 0. The summed E-state index contributed by atoms with van der Waals surface area (Å²) < 4.78 is 5.57. The van der Waals surface area contributed by atoms with Gasteiger partial charge in [-0.15, -0.1) is 24.8 Å². The highest BCUT2D eigenvalue weighted by atomic mass is 35.5. The van der Waals surface area contributed by atoms with Crippen molar-refractivity contribution in [3.63, 3.8) is 0 Å². The van der Waals surface area contributed by atoms with E-state index in [1.165, 1.54) is 12.0 Å². The summed E-state index contributed by atoms with van der Waals surface area (Å²) in [5.41, 5.74) is 1.33. The molecule has 1 fully saturated rings. The van der Waals surface area contributed by atoms with E-state index in [1.807, 2.05) is 6.07 Å². The van der Waals surface area contributed by atoms with Gasteiger partial charge in [-0.05, 0) is 12.0 Å². The Hall–Kier alpha value is -0.480. The molecule has 0 aliphatic carbocycles. The maximum absolute atomic E-state index is 5.57. The third kappa shape index (κ3) is 5.03. The maximum Gasteiger partial charge on any atom is 0.123 e. The lowest BCUT2D eigenvalue weighted by Crippen LogP contribution is -2.46. The smallest absolute Gasteiger partial charge is 0.123 e. The molecule has 0 bridgehead atoms. The number of ether oxygens (including phenoxy) is 1. The molecule has 1 N–H and O–H groups in total. The van der Waals surface area contributed by atoms with Gasteiger partial charge in [0.15, 0.2) is 0 Å². The van der Waals surface area contributed by atoms with Gasteiger partial charge in [0.2, 0.25) is 0 Å². The van der Waals surface area contributed by atoms with Gasteiger partial charge in [0.1, 0.15) is 5.75 Å². The molecule has 0 spiro atoms. The second-order valence-corrected chi connectivity index (χ2v) is 5.36. The zero-order valence-corrected chi connectivity index (χ0v) is 14.8.